The van der Waals surface area contributed by atoms with Crippen LogP contribution in [0.25, 0.3) is 10.8 Å². The van der Waals surface area contributed by atoms with Crippen molar-refractivity contribution in [3.05, 3.63) is 66.2 Å². The van der Waals surface area contributed by atoms with E-state index in [0.717, 1.165) is 21.9 Å². The number of rotatable bonds is 3. The van der Waals surface area contributed by atoms with Crippen molar-refractivity contribution < 1.29 is 5.11 Å². The third-order valence-electron chi connectivity index (χ3n) is 3.41. The third-order valence-corrected chi connectivity index (χ3v) is 3.41. The molecule has 20 heavy (non-hydrogen) atoms. The van der Waals surface area contributed by atoms with E-state index in [9.17, 15) is 5.11 Å². The Labute approximate surface area is 116 Å². The van der Waals surface area contributed by atoms with Gasteiger partial charge in [-0.15, -0.1) is 0 Å². The normalized spacial score (nSPS) is 12.4. The molecule has 0 amide bonds. The van der Waals surface area contributed by atoms with Crippen LogP contribution in [0.1, 0.15) is 17.2 Å². The molecule has 0 fully saturated rings. The maximum Gasteiger partial charge on any atom is 0.0852 e. The Balaban J connectivity index is 1.97. The van der Waals surface area contributed by atoms with Crippen LogP contribution in [0.2, 0.25) is 0 Å². The maximum atomic E-state index is 10.5. The van der Waals surface area contributed by atoms with Gasteiger partial charge in [0.1, 0.15) is 0 Å². The molecule has 4 nitrogen and oxygen atoms in total. The van der Waals surface area contributed by atoms with Crippen molar-refractivity contribution in [1.29, 1.82) is 0 Å². The lowest BCUT2D eigenvalue weighted by atomic mass is 9.98. The van der Waals surface area contributed by atoms with Crippen molar-refractivity contribution in [3.63, 3.8) is 0 Å². The zero-order chi connectivity index (χ0) is 13.9. The number of benzene rings is 1. The average Bonchev–Trinajstić information content (AvgIpc) is 2.49. The standard InChI is InChI=1S/C16H15N3O/c17-15-5-6-18-9-12(15)7-16(20)14-10-19-8-11-3-1-2-4-13(11)14/h1-6,8-10,16,20H,7H2,(H2,17,18). The summed E-state index contributed by atoms with van der Waals surface area (Å²) in [5.41, 5.74) is 8.19. The summed E-state index contributed by atoms with van der Waals surface area (Å²) in [6.45, 7) is 0. The molecule has 0 aliphatic rings. The summed E-state index contributed by atoms with van der Waals surface area (Å²) in [6.07, 6.45) is 6.61. The van der Waals surface area contributed by atoms with Crippen LogP contribution in [-0.4, -0.2) is 15.1 Å². The first-order valence-electron chi connectivity index (χ1n) is 6.45. The molecule has 0 spiro atoms. The Morgan fingerprint density at radius 3 is 2.75 bits per heavy atom. The van der Waals surface area contributed by atoms with Crippen LogP contribution in [0.15, 0.2) is 55.1 Å². The molecule has 1 unspecified atom stereocenters. The Morgan fingerprint density at radius 2 is 1.90 bits per heavy atom. The molecule has 2 heterocycles. The van der Waals surface area contributed by atoms with E-state index in [4.69, 9.17) is 5.73 Å². The lowest BCUT2D eigenvalue weighted by Gasteiger charge is -2.14. The summed E-state index contributed by atoms with van der Waals surface area (Å²) >= 11 is 0. The van der Waals surface area contributed by atoms with Crippen molar-refractivity contribution in [1.82, 2.24) is 9.97 Å². The van der Waals surface area contributed by atoms with Gasteiger partial charge >= 0.3 is 0 Å². The molecule has 0 aliphatic carbocycles. The minimum atomic E-state index is -0.653. The van der Waals surface area contributed by atoms with E-state index in [0.29, 0.717) is 12.1 Å². The molecule has 4 heteroatoms. The summed E-state index contributed by atoms with van der Waals surface area (Å²) in [7, 11) is 0. The number of hydrogen-bond acceptors (Lipinski definition) is 4. The van der Waals surface area contributed by atoms with E-state index in [1.807, 2.05) is 24.3 Å². The van der Waals surface area contributed by atoms with E-state index in [-0.39, 0.29) is 0 Å². The van der Waals surface area contributed by atoms with Gasteiger partial charge in [0, 0.05) is 47.8 Å². The summed E-state index contributed by atoms with van der Waals surface area (Å²) in [5, 5.41) is 12.5. The van der Waals surface area contributed by atoms with Crippen LogP contribution in [0.3, 0.4) is 0 Å². The summed E-state index contributed by atoms with van der Waals surface area (Å²) in [6, 6.07) is 9.62. The predicted octanol–water partition coefficient (Wildman–Crippen LogP) is 2.49. The molecule has 3 aromatic rings. The van der Waals surface area contributed by atoms with E-state index in [2.05, 4.69) is 9.97 Å². The van der Waals surface area contributed by atoms with Crippen LogP contribution in [0.5, 0.6) is 0 Å². The number of nitrogens with zero attached hydrogens (tertiary/aromatic N) is 2. The van der Waals surface area contributed by atoms with Crippen molar-refractivity contribution in [3.8, 4) is 0 Å². The lowest BCUT2D eigenvalue weighted by Crippen LogP contribution is -2.05. The molecule has 0 saturated carbocycles. The average molecular weight is 265 g/mol. The fraction of sp³-hybridized carbons (Fsp3) is 0.125. The van der Waals surface area contributed by atoms with E-state index in [1.54, 1.807) is 30.9 Å². The first kappa shape index (κ1) is 12.6. The number of aromatic nitrogens is 2. The van der Waals surface area contributed by atoms with Crippen molar-refractivity contribution in [2.24, 2.45) is 0 Å². The van der Waals surface area contributed by atoms with Gasteiger partial charge in [-0.1, -0.05) is 24.3 Å². The predicted molar refractivity (Wildman–Crippen MR) is 79.1 cm³/mol. The highest BCUT2D eigenvalue weighted by Gasteiger charge is 2.13. The largest absolute Gasteiger partial charge is 0.398 e. The number of pyridine rings is 2. The minimum absolute atomic E-state index is 0.426. The number of nitrogens with two attached hydrogens (primary N) is 1. The van der Waals surface area contributed by atoms with E-state index in [1.165, 1.54) is 0 Å². The Hall–Kier alpha value is -2.46. The molecular weight excluding hydrogens is 250 g/mol. The summed E-state index contributed by atoms with van der Waals surface area (Å²) in [4.78, 5) is 8.24. The zero-order valence-electron chi connectivity index (χ0n) is 10.9. The number of fused-ring (bicyclic) bond motifs is 1. The Kier molecular flexibility index (Phi) is 3.31. The van der Waals surface area contributed by atoms with Crippen molar-refractivity contribution >= 4 is 16.5 Å². The van der Waals surface area contributed by atoms with Gasteiger partial charge in [0.2, 0.25) is 0 Å². The highest BCUT2D eigenvalue weighted by molar-refractivity contribution is 5.84. The van der Waals surface area contributed by atoms with Gasteiger partial charge in [0.15, 0.2) is 0 Å². The van der Waals surface area contributed by atoms with Gasteiger partial charge in [-0.3, -0.25) is 9.97 Å². The highest BCUT2D eigenvalue weighted by Crippen LogP contribution is 2.26. The minimum Gasteiger partial charge on any atom is -0.398 e. The SMILES string of the molecule is Nc1ccncc1CC(O)c1cncc2ccccc12. The molecule has 1 aromatic carbocycles. The van der Waals surface area contributed by atoms with Gasteiger partial charge in [-0.05, 0) is 17.0 Å². The Bertz CT molecular complexity index is 737. The van der Waals surface area contributed by atoms with Gasteiger partial charge in [-0.25, -0.2) is 0 Å². The summed E-state index contributed by atoms with van der Waals surface area (Å²) < 4.78 is 0. The van der Waals surface area contributed by atoms with Crippen LogP contribution in [-0.2, 0) is 6.42 Å². The van der Waals surface area contributed by atoms with Gasteiger partial charge < -0.3 is 10.8 Å². The van der Waals surface area contributed by atoms with Crippen LogP contribution in [0.4, 0.5) is 5.69 Å². The molecule has 3 N–H and O–H groups in total. The number of aliphatic hydroxyl groups excluding tert-OH is 1. The second-order valence-electron chi connectivity index (χ2n) is 4.74. The molecule has 1 atom stereocenters. The maximum absolute atomic E-state index is 10.5. The van der Waals surface area contributed by atoms with E-state index >= 15 is 0 Å². The number of aliphatic hydroxyl groups is 1. The fourth-order valence-corrected chi connectivity index (χ4v) is 2.33. The van der Waals surface area contributed by atoms with E-state index < -0.39 is 6.10 Å². The number of nitrogen functional groups attached to an aromatic ring is 1. The van der Waals surface area contributed by atoms with Crippen LogP contribution >= 0.6 is 0 Å². The highest BCUT2D eigenvalue weighted by atomic mass is 16.3. The molecule has 100 valence electrons. The topological polar surface area (TPSA) is 72.0 Å². The zero-order valence-corrected chi connectivity index (χ0v) is 10.9. The van der Waals surface area contributed by atoms with Crippen LogP contribution < -0.4 is 5.73 Å². The second-order valence-corrected chi connectivity index (χ2v) is 4.74. The van der Waals surface area contributed by atoms with Gasteiger partial charge in [-0.2, -0.15) is 0 Å². The van der Waals surface area contributed by atoms with Crippen molar-refractivity contribution in [2.75, 3.05) is 5.73 Å². The molecule has 3 rings (SSSR count). The fourth-order valence-electron chi connectivity index (χ4n) is 2.33. The monoisotopic (exact) mass is 265 g/mol. The van der Waals surface area contributed by atoms with Crippen molar-refractivity contribution in [2.45, 2.75) is 12.5 Å². The number of anilines is 1. The lowest BCUT2D eigenvalue weighted by molar-refractivity contribution is 0.179. The molecular formula is C16H15N3O. The molecule has 2 aromatic heterocycles. The molecule has 0 saturated heterocycles. The summed E-state index contributed by atoms with van der Waals surface area (Å²) in [5.74, 6) is 0. The molecule has 0 bridgehead atoms. The quantitative estimate of drug-likeness (QED) is 0.763. The molecule has 0 radical (unpaired) electrons. The first-order chi connectivity index (χ1) is 9.75. The van der Waals surface area contributed by atoms with Crippen LogP contribution in [0, 0.1) is 0 Å². The Morgan fingerprint density at radius 1 is 1.05 bits per heavy atom. The van der Waals surface area contributed by atoms with Gasteiger partial charge in [0.25, 0.3) is 0 Å². The second kappa shape index (κ2) is 5.27. The number of hydrogen-bond donors (Lipinski definition) is 2. The third kappa shape index (κ3) is 2.33. The smallest absolute Gasteiger partial charge is 0.0852 e. The molecule has 0 aliphatic heterocycles. The first-order valence-corrected chi connectivity index (χ1v) is 6.45. The van der Waals surface area contributed by atoms with Gasteiger partial charge in [0.05, 0.1) is 6.10 Å².